The van der Waals surface area contributed by atoms with Crippen LogP contribution in [0.1, 0.15) is 5.69 Å². The van der Waals surface area contributed by atoms with Crippen LogP contribution in [-0.2, 0) is 4.79 Å². The number of aromatic nitrogens is 2. The second-order valence-electron chi connectivity index (χ2n) is 4.54. The minimum Gasteiger partial charge on any atom is -0.480 e. The number of aliphatic carboxylic acids is 1. The summed E-state index contributed by atoms with van der Waals surface area (Å²) < 4.78 is 0. The highest BCUT2D eigenvalue weighted by Crippen LogP contribution is 2.19. The largest absolute Gasteiger partial charge is 0.480 e. The van der Waals surface area contributed by atoms with Crippen molar-refractivity contribution in [3.05, 3.63) is 36.3 Å². The third kappa shape index (κ3) is 4.42. The smallest absolute Gasteiger partial charge is 0.329 e. The summed E-state index contributed by atoms with van der Waals surface area (Å²) in [6.45, 7) is 0. The van der Waals surface area contributed by atoms with Gasteiger partial charge < -0.3 is 10.0 Å². The lowest BCUT2D eigenvalue weighted by molar-refractivity contribution is -0.137. The maximum atomic E-state index is 10.8. The molecule has 0 aromatic carbocycles. The Hall–Kier alpha value is -2.15. The lowest BCUT2D eigenvalue weighted by Gasteiger charge is -2.09. The zero-order valence-corrected chi connectivity index (χ0v) is 12.6. The predicted octanol–water partition coefficient (Wildman–Crippen LogP) is 1.71. The molecule has 21 heavy (non-hydrogen) atoms. The summed E-state index contributed by atoms with van der Waals surface area (Å²) in [6.07, 6.45) is 10.7. The second kappa shape index (κ2) is 7.03. The van der Waals surface area contributed by atoms with Crippen molar-refractivity contribution in [3.8, 4) is 0 Å². The Bertz CT molecular complexity index is 593. The first-order valence-corrected chi connectivity index (χ1v) is 7.32. The number of anilines is 1. The quantitative estimate of drug-likeness (QED) is 0.834. The number of aliphatic imine (C=N–C) groups is 1. The standard InChI is InChI=1S/C14H16N4O2S/c1-18(2)12-8-15-10(7-16-12)5-3-4-6-13-17-11(9-21-13)14(19)20/h3-8,11H,9H2,1-2H3,(H,19,20)/b5-3+,6-4+/t11-/m1/s1. The van der Waals surface area contributed by atoms with Gasteiger partial charge in [-0.25, -0.2) is 9.78 Å². The highest BCUT2D eigenvalue weighted by atomic mass is 32.2. The number of carboxylic acid groups (broad SMARTS) is 1. The Balaban J connectivity index is 1.92. The van der Waals surface area contributed by atoms with E-state index in [-0.39, 0.29) is 0 Å². The molecule has 0 bridgehead atoms. The molecule has 2 heterocycles. The predicted molar refractivity (Wildman–Crippen MR) is 85.8 cm³/mol. The van der Waals surface area contributed by atoms with Crippen LogP contribution < -0.4 is 4.90 Å². The van der Waals surface area contributed by atoms with Gasteiger partial charge in [-0.1, -0.05) is 12.2 Å². The SMILES string of the molecule is CN(C)c1cnc(/C=C/C=C/C2=N[C@@H](C(=O)O)CS2)cn1. The molecule has 110 valence electrons. The highest BCUT2D eigenvalue weighted by molar-refractivity contribution is 8.14. The summed E-state index contributed by atoms with van der Waals surface area (Å²) in [4.78, 5) is 25.3. The first-order valence-electron chi connectivity index (χ1n) is 6.34. The third-order valence-corrected chi connectivity index (χ3v) is 3.71. The number of thioether (sulfide) groups is 1. The van der Waals surface area contributed by atoms with Gasteiger partial charge >= 0.3 is 5.97 Å². The average molecular weight is 304 g/mol. The number of nitrogens with zero attached hydrogens (tertiary/aromatic N) is 4. The Kier molecular flexibility index (Phi) is 5.10. The second-order valence-corrected chi connectivity index (χ2v) is 5.58. The molecule has 0 saturated carbocycles. The zero-order valence-electron chi connectivity index (χ0n) is 11.8. The van der Waals surface area contributed by atoms with Crippen LogP contribution in [-0.4, -0.2) is 52.0 Å². The van der Waals surface area contributed by atoms with E-state index in [9.17, 15) is 4.79 Å². The van der Waals surface area contributed by atoms with Crippen LogP contribution in [0.3, 0.4) is 0 Å². The van der Waals surface area contributed by atoms with Gasteiger partial charge in [-0.2, -0.15) is 0 Å². The fourth-order valence-corrected chi connectivity index (χ4v) is 2.47. The molecule has 1 atom stereocenters. The van der Waals surface area contributed by atoms with E-state index < -0.39 is 12.0 Å². The van der Waals surface area contributed by atoms with Crippen LogP contribution in [0.15, 0.2) is 35.6 Å². The molecule has 0 amide bonds. The molecule has 6 nitrogen and oxygen atoms in total. The summed E-state index contributed by atoms with van der Waals surface area (Å²) in [5.41, 5.74) is 0.759. The monoisotopic (exact) mass is 304 g/mol. The number of allylic oxidation sites excluding steroid dienone is 2. The van der Waals surface area contributed by atoms with Gasteiger partial charge in [-0.15, -0.1) is 11.8 Å². The molecule has 0 aliphatic carbocycles. The lowest BCUT2D eigenvalue weighted by Crippen LogP contribution is -2.16. The van der Waals surface area contributed by atoms with Crippen molar-refractivity contribution in [2.24, 2.45) is 4.99 Å². The number of carbonyl (C=O) groups is 1. The molecule has 1 aromatic rings. The normalized spacial score (nSPS) is 18.4. The number of carboxylic acids is 1. The van der Waals surface area contributed by atoms with Crippen molar-refractivity contribution in [1.29, 1.82) is 0 Å². The molecule has 0 radical (unpaired) electrons. The van der Waals surface area contributed by atoms with Crippen molar-refractivity contribution >= 4 is 34.7 Å². The maximum Gasteiger partial charge on any atom is 0.329 e. The number of rotatable bonds is 5. The minimum absolute atomic E-state index is 0.496. The first-order chi connectivity index (χ1) is 10.1. The molecule has 0 spiro atoms. The Morgan fingerprint density at radius 3 is 2.67 bits per heavy atom. The average Bonchev–Trinajstić information content (AvgIpc) is 2.93. The molecule has 0 fully saturated rings. The zero-order chi connectivity index (χ0) is 15.2. The molecule has 7 heteroatoms. The van der Waals surface area contributed by atoms with E-state index in [2.05, 4.69) is 15.0 Å². The van der Waals surface area contributed by atoms with Crippen LogP contribution >= 0.6 is 11.8 Å². The number of hydrogen-bond acceptors (Lipinski definition) is 6. The molecule has 2 rings (SSSR count). The minimum atomic E-state index is -0.877. The van der Waals surface area contributed by atoms with Crippen LogP contribution in [0.2, 0.25) is 0 Å². The fraction of sp³-hybridized carbons (Fsp3) is 0.286. The van der Waals surface area contributed by atoms with E-state index in [1.807, 2.05) is 37.2 Å². The molecular formula is C14H16N4O2S. The van der Waals surface area contributed by atoms with Crippen LogP contribution in [0.4, 0.5) is 5.82 Å². The van der Waals surface area contributed by atoms with Gasteiger partial charge in [0, 0.05) is 19.8 Å². The first kappa shape index (κ1) is 15.2. The van der Waals surface area contributed by atoms with Crippen molar-refractivity contribution in [1.82, 2.24) is 9.97 Å². The van der Waals surface area contributed by atoms with Gasteiger partial charge in [0.1, 0.15) is 5.82 Å². The summed E-state index contributed by atoms with van der Waals surface area (Å²) in [7, 11) is 3.82. The molecular weight excluding hydrogens is 288 g/mol. The van der Waals surface area contributed by atoms with Gasteiger partial charge in [-0.05, 0) is 12.2 Å². The summed E-state index contributed by atoms with van der Waals surface area (Å²) in [5, 5.41) is 9.57. The Labute approximate surface area is 127 Å². The van der Waals surface area contributed by atoms with Gasteiger partial charge in [0.05, 0.1) is 23.1 Å². The highest BCUT2D eigenvalue weighted by Gasteiger charge is 2.22. The van der Waals surface area contributed by atoms with Crippen molar-refractivity contribution in [3.63, 3.8) is 0 Å². The fourth-order valence-electron chi connectivity index (χ4n) is 1.55. The van der Waals surface area contributed by atoms with E-state index >= 15 is 0 Å². The van der Waals surface area contributed by atoms with E-state index in [1.165, 1.54) is 11.8 Å². The molecule has 1 aliphatic heterocycles. The summed E-state index contributed by atoms with van der Waals surface area (Å²) in [5.74, 6) is 0.424. The summed E-state index contributed by atoms with van der Waals surface area (Å²) in [6, 6.07) is -0.622. The van der Waals surface area contributed by atoms with Crippen molar-refractivity contribution < 1.29 is 9.90 Å². The number of hydrogen-bond donors (Lipinski definition) is 1. The lowest BCUT2D eigenvalue weighted by atomic mass is 10.3. The molecule has 1 N–H and O–H groups in total. The van der Waals surface area contributed by atoms with E-state index in [0.29, 0.717) is 5.75 Å². The van der Waals surface area contributed by atoms with Gasteiger partial charge in [-0.3, -0.25) is 9.98 Å². The molecule has 1 aromatic heterocycles. The van der Waals surface area contributed by atoms with Crippen LogP contribution in [0, 0.1) is 0 Å². The van der Waals surface area contributed by atoms with Crippen molar-refractivity contribution in [2.45, 2.75) is 6.04 Å². The Morgan fingerprint density at radius 1 is 1.33 bits per heavy atom. The van der Waals surface area contributed by atoms with Crippen LogP contribution in [0.5, 0.6) is 0 Å². The van der Waals surface area contributed by atoms with Crippen LogP contribution in [0.25, 0.3) is 6.08 Å². The van der Waals surface area contributed by atoms with E-state index in [1.54, 1.807) is 18.5 Å². The molecule has 1 aliphatic rings. The molecule has 0 saturated heterocycles. The van der Waals surface area contributed by atoms with Crippen molar-refractivity contribution in [2.75, 3.05) is 24.7 Å². The van der Waals surface area contributed by atoms with Gasteiger partial charge in [0.25, 0.3) is 0 Å². The van der Waals surface area contributed by atoms with E-state index in [0.717, 1.165) is 16.6 Å². The maximum absolute atomic E-state index is 10.8. The third-order valence-electron chi connectivity index (χ3n) is 2.69. The summed E-state index contributed by atoms with van der Waals surface area (Å²) >= 11 is 1.45. The molecule has 0 unspecified atom stereocenters. The van der Waals surface area contributed by atoms with E-state index in [4.69, 9.17) is 5.11 Å². The van der Waals surface area contributed by atoms with Gasteiger partial charge in [0.15, 0.2) is 6.04 Å². The topological polar surface area (TPSA) is 78.7 Å². The Morgan fingerprint density at radius 2 is 2.10 bits per heavy atom. The van der Waals surface area contributed by atoms with Gasteiger partial charge in [0.2, 0.25) is 0 Å².